The smallest absolute Gasteiger partial charge is 0.417 e. The zero-order valence-corrected chi connectivity index (χ0v) is 29.8. The maximum Gasteiger partial charge on any atom is 0.417 e. The highest BCUT2D eigenvalue weighted by Crippen LogP contribution is 2.39. The minimum absolute atomic E-state index is 0.00973. The van der Waals surface area contributed by atoms with Gasteiger partial charge < -0.3 is 15.2 Å². The maximum absolute atomic E-state index is 14.3. The van der Waals surface area contributed by atoms with Gasteiger partial charge in [0.05, 0.1) is 29.5 Å². The van der Waals surface area contributed by atoms with Crippen LogP contribution in [0.4, 0.5) is 24.7 Å². The first-order valence-electron chi connectivity index (χ1n) is 17.4. The Morgan fingerprint density at radius 3 is 2.50 bits per heavy atom. The molecule has 0 bridgehead atoms. The quantitative estimate of drug-likeness (QED) is 0.148. The van der Waals surface area contributed by atoms with Crippen molar-refractivity contribution < 1.29 is 23.0 Å². The Balaban J connectivity index is 1.15. The van der Waals surface area contributed by atoms with Crippen LogP contribution >= 0.6 is 11.6 Å². The number of β-amino-alcohol motifs (C(OH)–C–C–N with tert-alkyl or cyclic N) is 1. The Hall–Kier alpha value is -4.55. The third-order valence-electron chi connectivity index (χ3n) is 9.86. The molecule has 12 heteroatoms. The number of methoxy groups -OCH3 is 1. The number of aliphatic hydroxyl groups is 1. The molecule has 2 fully saturated rings. The van der Waals surface area contributed by atoms with E-state index in [-0.39, 0.29) is 11.7 Å². The molecular weight excluding hydrogens is 689 g/mol. The number of likely N-dealkylation sites (tertiary alicyclic amines) is 2. The molecule has 0 radical (unpaired) electrons. The SMILES string of the molecule is COc1cc(/C=C/c2ccnc(-c3cccc(Nc4nccc5cc(CN6CC[C@@H](O)C6)cnc45)c3C)c2Cl)c(C(F)(F)F)cc1CN1CCCC1. The number of ether oxygens (including phenoxy) is 1. The second-order valence-electron chi connectivity index (χ2n) is 13.5. The number of rotatable bonds is 10. The summed E-state index contributed by atoms with van der Waals surface area (Å²) in [4.78, 5) is 18.3. The molecule has 2 aromatic carbocycles. The number of alkyl halides is 3. The number of nitrogens with zero attached hydrogens (tertiary/aromatic N) is 5. The fraction of sp³-hybridized carbons (Fsp3) is 0.325. The van der Waals surface area contributed by atoms with Crippen LogP contribution < -0.4 is 10.1 Å². The molecule has 8 nitrogen and oxygen atoms in total. The van der Waals surface area contributed by atoms with Gasteiger partial charge in [0.1, 0.15) is 11.3 Å². The molecular formula is C40H40ClF3N6O2. The van der Waals surface area contributed by atoms with Gasteiger partial charge in [0.25, 0.3) is 0 Å². The molecule has 52 heavy (non-hydrogen) atoms. The van der Waals surface area contributed by atoms with Crippen LogP contribution in [-0.4, -0.2) is 69.3 Å². The minimum Gasteiger partial charge on any atom is -0.496 e. The van der Waals surface area contributed by atoms with E-state index >= 15 is 0 Å². The molecule has 0 amide bonds. The normalized spacial score (nSPS) is 17.1. The molecule has 2 aliphatic heterocycles. The van der Waals surface area contributed by atoms with Gasteiger partial charge in [-0.05, 0) is 97.9 Å². The third kappa shape index (κ3) is 7.78. The van der Waals surface area contributed by atoms with Gasteiger partial charge in [0.15, 0.2) is 5.82 Å². The fourth-order valence-electron chi connectivity index (χ4n) is 7.13. The van der Waals surface area contributed by atoms with E-state index in [1.165, 1.54) is 25.3 Å². The number of fused-ring (bicyclic) bond motifs is 1. The minimum atomic E-state index is -4.56. The van der Waals surface area contributed by atoms with E-state index in [0.29, 0.717) is 46.5 Å². The summed E-state index contributed by atoms with van der Waals surface area (Å²) in [5.74, 6) is 1.01. The van der Waals surface area contributed by atoms with Crippen LogP contribution in [0.15, 0.2) is 67.1 Å². The molecule has 1 atom stereocenters. The highest BCUT2D eigenvalue weighted by atomic mass is 35.5. The highest BCUT2D eigenvalue weighted by Gasteiger charge is 2.34. The third-order valence-corrected chi connectivity index (χ3v) is 10.3. The van der Waals surface area contributed by atoms with Crippen molar-refractivity contribution in [2.75, 3.05) is 38.6 Å². The Morgan fingerprint density at radius 2 is 1.75 bits per heavy atom. The molecule has 5 aromatic rings. The molecule has 0 aliphatic carbocycles. The topological polar surface area (TPSA) is 86.6 Å². The molecule has 2 aliphatic rings. The average molecular weight is 729 g/mol. The van der Waals surface area contributed by atoms with Crippen LogP contribution in [0.2, 0.25) is 5.02 Å². The van der Waals surface area contributed by atoms with Gasteiger partial charge in [-0.3, -0.25) is 19.8 Å². The summed E-state index contributed by atoms with van der Waals surface area (Å²) in [7, 11) is 1.48. The zero-order chi connectivity index (χ0) is 36.4. The first-order valence-corrected chi connectivity index (χ1v) is 17.8. The van der Waals surface area contributed by atoms with Gasteiger partial charge in [-0.15, -0.1) is 0 Å². The maximum atomic E-state index is 14.3. The van der Waals surface area contributed by atoms with E-state index < -0.39 is 11.7 Å². The van der Waals surface area contributed by atoms with E-state index in [4.69, 9.17) is 21.3 Å². The summed E-state index contributed by atoms with van der Waals surface area (Å²) in [6, 6.07) is 14.1. The predicted molar refractivity (Wildman–Crippen MR) is 200 cm³/mol. The van der Waals surface area contributed by atoms with E-state index in [9.17, 15) is 18.3 Å². The predicted octanol–water partition coefficient (Wildman–Crippen LogP) is 8.76. The first kappa shape index (κ1) is 35.8. The van der Waals surface area contributed by atoms with Crippen molar-refractivity contribution in [3.05, 3.63) is 106 Å². The standard InChI is InChI=1S/C40H40ClF3N6O2/c1-25-32(6-5-7-34(25)48-39-37-29(11-14-46-39)18-26(21-47-37)22-50-17-12-31(51)24-50)38-36(41)27(10-13-45-38)8-9-28-20-35(52-2)30(19-33(28)40(42,43)44)23-49-15-3-4-16-49/h5-11,13-14,18-21,31,51H,3-4,12,15-17,22-24H2,1-2H3,(H,46,48)/b9-8+/t31-/m1/s1. The number of nitrogens with one attached hydrogen (secondary N) is 1. The van der Waals surface area contributed by atoms with Gasteiger partial charge in [-0.1, -0.05) is 35.9 Å². The summed E-state index contributed by atoms with van der Waals surface area (Å²) < 4.78 is 48.6. The monoisotopic (exact) mass is 728 g/mol. The van der Waals surface area contributed by atoms with Crippen molar-refractivity contribution in [2.24, 2.45) is 0 Å². The largest absolute Gasteiger partial charge is 0.496 e. The molecule has 2 N–H and O–H groups in total. The number of hydrogen-bond donors (Lipinski definition) is 2. The molecule has 3 aromatic heterocycles. The Morgan fingerprint density at radius 1 is 0.962 bits per heavy atom. The van der Waals surface area contributed by atoms with Crippen molar-refractivity contribution >= 4 is 46.2 Å². The summed E-state index contributed by atoms with van der Waals surface area (Å²) in [5, 5.41) is 14.6. The zero-order valence-electron chi connectivity index (χ0n) is 29.1. The van der Waals surface area contributed by atoms with E-state index in [1.54, 1.807) is 24.5 Å². The lowest BCUT2D eigenvalue weighted by Gasteiger charge is -2.20. The van der Waals surface area contributed by atoms with Crippen LogP contribution in [0.3, 0.4) is 0 Å². The highest BCUT2D eigenvalue weighted by molar-refractivity contribution is 6.34. The lowest BCUT2D eigenvalue weighted by molar-refractivity contribution is -0.137. The van der Waals surface area contributed by atoms with E-state index in [1.807, 2.05) is 37.4 Å². The fourth-order valence-corrected chi connectivity index (χ4v) is 7.40. The van der Waals surface area contributed by atoms with Gasteiger partial charge in [-0.2, -0.15) is 13.2 Å². The van der Waals surface area contributed by atoms with Crippen molar-refractivity contribution in [3.63, 3.8) is 0 Å². The van der Waals surface area contributed by atoms with Crippen LogP contribution in [0.1, 0.15) is 52.6 Å². The number of aliphatic hydroxyl groups excluding tert-OH is 1. The van der Waals surface area contributed by atoms with Crippen molar-refractivity contribution in [1.29, 1.82) is 0 Å². The lowest BCUT2D eigenvalue weighted by atomic mass is 9.99. The Labute approximate surface area is 305 Å². The number of anilines is 2. The lowest BCUT2D eigenvalue weighted by Crippen LogP contribution is -2.21. The number of hydrogen-bond acceptors (Lipinski definition) is 8. The van der Waals surface area contributed by atoms with E-state index in [2.05, 4.69) is 31.2 Å². The van der Waals surface area contributed by atoms with Gasteiger partial charge in [-0.25, -0.2) is 4.98 Å². The first-order chi connectivity index (χ1) is 25.1. The molecule has 5 heterocycles. The molecule has 0 unspecified atom stereocenters. The molecule has 7 rings (SSSR count). The second-order valence-corrected chi connectivity index (χ2v) is 13.9. The summed E-state index contributed by atoms with van der Waals surface area (Å²) >= 11 is 6.94. The Bertz CT molecular complexity index is 2120. The number of halogens is 4. The van der Waals surface area contributed by atoms with Gasteiger partial charge in [0, 0.05) is 67.0 Å². The van der Waals surface area contributed by atoms with Crippen LogP contribution in [0.25, 0.3) is 34.3 Å². The van der Waals surface area contributed by atoms with Gasteiger partial charge in [0.2, 0.25) is 0 Å². The molecule has 270 valence electrons. The average Bonchev–Trinajstić information content (AvgIpc) is 3.80. The van der Waals surface area contributed by atoms with Crippen molar-refractivity contribution in [1.82, 2.24) is 24.8 Å². The molecule has 0 saturated carbocycles. The number of benzene rings is 2. The molecule has 2 saturated heterocycles. The van der Waals surface area contributed by atoms with E-state index in [0.717, 1.165) is 78.7 Å². The summed E-state index contributed by atoms with van der Waals surface area (Å²) in [6.45, 7) is 6.31. The van der Waals surface area contributed by atoms with Crippen LogP contribution in [0.5, 0.6) is 5.75 Å². The second kappa shape index (κ2) is 15.2. The van der Waals surface area contributed by atoms with Crippen LogP contribution in [-0.2, 0) is 19.3 Å². The molecule has 0 spiro atoms. The number of pyridine rings is 3. The Kier molecular flexibility index (Phi) is 10.5. The summed E-state index contributed by atoms with van der Waals surface area (Å²) in [5.41, 5.74) is 5.00. The van der Waals surface area contributed by atoms with Crippen molar-refractivity contribution in [3.8, 4) is 17.0 Å². The summed E-state index contributed by atoms with van der Waals surface area (Å²) in [6.07, 6.45) is 6.23. The van der Waals surface area contributed by atoms with Gasteiger partial charge >= 0.3 is 6.18 Å². The number of aromatic nitrogens is 3. The van der Waals surface area contributed by atoms with Crippen LogP contribution in [0, 0.1) is 6.92 Å². The van der Waals surface area contributed by atoms with Crippen molar-refractivity contribution in [2.45, 2.75) is 51.6 Å².